The van der Waals surface area contributed by atoms with Crippen LogP contribution in [0.4, 0.5) is 0 Å². The molecule has 0 aromatic heterocycles. The lowest BCUT2D eigenvalue weighted by Crippen LogP contribution is -2.21. The zero-order valence-corrected chi connectivity index (χ0v) is 9.86. The highest BCUT2D eigenvalue weighted by Crippen LogP contribution is 2.20. The highest BCUT2D eigenvalue weighted by atomic mass is 16.3. The first kappa shape index (κ1) is 14.9. The van der Waals surface area contributed by atoms with E-state index < -0.39 is 0 Å². The lowest BCUT2D eigenvalue weighted by molar-refractivity contribution is 0.0738. The van der Waals surface area contributed by atoms with Gasteiger partial charge in [-0.2, -0.15) is 0 Å². The number of rotatable bonds is 10. The molecule has 2 unspecified atom stereocenters. The zero-order valence-electron chi connectivity index (χ0n) is 9.86. The van der Waals surface area contributed by atoms with Crippen molar-refractivity contribution < 1.29 is 15.3 Å². The van der Waals surface area contributed by atoms with Crippen LogP contribution >= 0.6 is 0 Å². The molecule has 0 amide bonds. The largest absolute Gasteiger partial charge is 0.396 e. The molecule has 2 atom stereocenters. The van der Waals surface area contributed by atoms with Crippen LogP contribution in [0.5, 0.6) is 0 Å². The molecule has 0 aliphatic rings. The number of hydrogen-bond donors (Lipinski definition) is 3. The van der Waals surface area contributed by atoms with Crippen molar-refractivity contribution in [3.8, 4) is 0 Å². The maximum atomic E-state index is 9.90. The van der Waals surface area contributed by atoms with Crippen molar-refractivity contribution in [2.75, 3.05) is 13.2 Å². The Bertz CT molecular complexity index is 122. The highest BCUT2D eigenvalue weighted by molar-refractivity contribution is 4.68. The smallest absolute Gasteiger partial charge is 0.0569 e. The molecule has 0 aromatic rings. The third kappa shape index (κ3) is 7.77. The molecule has 0 fully saturated rings. The summed E-state index contributed by atoms with van der Waals surface area (Å²) in [5.74, 6) is 0.245. The van der Waals surface area contributed by atoms with Gasteiger partial charge in [-0.3, -0.25) is 0 Å². The molecule has 0 rings (SSSR count). The summed E-state index contributed by atoms with van der Waals surface area (Å²) in [6.45, 7) is 2.51. The minimum Gasteiger partial charge on any atom is -0.396 e. The molecule has 0 heterocycles. The van der Waals surface area contributed by atoms with Gasteiger partial charge in [0.2, 0.25) is 0 Å². The van der Waals surface area contributed by atoms with E-state index in [1.165, 1.54) is 0 Å². The summed E-state index contributed by atoms with van der Waals surface area (Å²) in [5, 5.41) is 27.4. The van der Waals surface area contributed by atoms with E-state index in [1.807, 2.05) is 0 Å². The maximum Gasteiger partial charge on any atom is 0.0569 e. The minimum absolute atomic E-state index is 0.165. The third-order valence-corrected chi connectivity index (χ3v) is 2.86. The van der Waals surface area contributed by atoms with Crippen LogP contribution in [0.2, 0.25) is 0 Å². The first-order valence-corrected chi connectivity index (χ1v) is 6.16. The van der Waals surface area contributed by atoms with Gasteiger partial charge in [0, 0.05) is 13.2 Å². The summed E-state index contributed by atoms with van der Waals surface area (Å²) in [6, 6.07) is 0. The van der Waals surface area contributed by atoms with Crippen molar-refractivity contribution in [1.82, 2.24) is 0 Å². The predicted octanol–water partition coefficient (Wildman–Crippen LogP) is 1.70. The number of aliphatic hydroxyl groups is 3. The van der Waals surface area contributed by atoms with Gasteiger partial charge in [-0.25, -0.2) is 0 Å². The molecular weight excluding hydrogens is 192 g/mol. The highest BCUT2D eigenvalue weighted by Gasteiger charge is 2.17. The van der Waals surface area contributed by atoms with Crippen molar-refractivity contribution >= 4 is 0 Å². The van der Waals surface area contributed by atoms with Crippen molar-refractivity contribution in [3.05, 3.63) is 0 Å². The van der Waals surface area contributed by atoms with E-state index in [1.54, 1.807) is 0 Å². The summed E-state index contributed by atoms with van der Waals surface area (Å²) < 4.78 is 0. The molecule has 3 heteroatoms. The molecule has 0 aliphatic carbocycles. The lowest BCUT2D eigenvalue weighted by atomic mass is 9.90. The molecule has 92 valence electrons. The Morgan fingerprint density at radius 3 is 2.13 bits per heavy atom. The molecule has 0 aromatic carbocycles. The Labute approximate surface area is 93.1 Å². The fourth-order valence-electron chi connectivity index (χ4n) is 1.94. The monoisotopic (exact) mass is 218 g/mol. The van der Waals surface area contributed by atoms with Crippen LogP contribution in [0.25, 0.3) is 0 Å². The van der Waals surface area contributed by atoms with Crippen LogP contribution in [-0.2, 0) is 0 Å². The summed E-state index contributed by atoms with van der Waals surface area (Å²) in [5.41, 5.74) is 0. The molecule has 0 saturated heterocycles. The standard InChI is InChI=1S/C12H26O3/c1-2-6-11(8-10-14)12(15)7-4-3-5-9-13/h11-15H,2-10H2,1H3. The second-order valence-electron chi connectivity index (χ2n) is 4.20. The second-order valence-corrected chi connectivity index (χ2v) is 4.20. The van der Waals surface area contributed by atoms with Gasteiger partial charge < -0.3 is 15.3 Å². The molecule has 0 spiro atoms. The molecule has 0 aliphatic heterocycles. The van der Waals surface area contributed by atoms with Gasteiger partial charge >= 0.3 is 0 Å². The summed E-state index contributed by atoms with van der Waals surface area (Å²) in [6.07, 6.45) is 6.03. The number of unbranched alkanes of at least 4 members (excludes halogenated alkanes) is 2. The Morgan fingerprint density at radius 1 is 0.867 bits per heavy atom. The Balaban J connectivity index is 3.65. The minimum atomic E-state index is -0.282. The second kappa shape index (κ2) is 10.4. The average molecular weight is 218 g/mol. The molecule has 15 heavy (non-hydrogen) atoms. The SMILES string of the molecule is CCCC(CCO)C(O)CCCCCO. The van der Waals surface area contributed by atoms with E-state index in [4.69, 9.17) is 10.2 Å². The fourth-order valence-corrected chi connectivity index (χ4v) is 1.94. The van der Waals surface area contributed by atoms with Crippen LogP contribution in [0.3, 0.4) is 0 Å². The summed E-state index contributed by atoms with van der Waals surface area (Å²) in [7, 11) is 0. The predicted molar refractivity (Wildman–Crippen MR) is 61.7 cm³/mol. The first-order chi connectivity index (χ1) is 7.26. The van der Waals surface area contributed by atoms with Crippen LogP contribution in [0, 0.1) is 5.92 Å². The van der Waals surface area contributed by atoms with E-state index in [9.17, 15) is 5.11 Å². The van der Waals surface area contributed by atoms with E-state index in [-0.39, 0.29) is 25.2 Å². The van der Waals surface area contributed by atoms with E-state index in [2.05, 4.69) is 6.92 Å². The maximum absolute atomic E-state index is 9.90. The molecule has 3 N–H and O–H groups in total. The fraction of sp³-hybridized carbons (Fsp3) is 1.00. The molecule has 0 radical (unpaired) electrons. The number of aliphatic hydroxyl groups excluding tert-OH is 3. The van der Waals surface area contributed by atoms with Gasteiger partial charge in [-0.15, -0.1) is 0 Å². The quantitative estimate of drug-likeness (QED) is 0.489. The van der Waals surface area contributed by atoms with Crippen LogP contribution in [-0.4, -0.2) is 34.6 Å². The topological polar surface area (TPSA) is 60.7 Å². The summed E-state index contributed by atoms with van der Waals surface area (Å²) in [4.78, 5) is 0. The normalized spacial score (nSPS) is 15.2. The summed E-state index contributed by atoms with van der Waals surface area (Å²) >= 11 is 0. The Hall–Kier alpha value is -0.120. The Morgan fingerprint density at radius 2 is 1.60 bits per heavy atom. The lowest BCUT2D eigenvalue weighted by Gasteiger charge is -2.21. The zero-order chi connectivity index (χ0) is 11.5. The van der Waals surface area contributed by atoms with Crippen molar-refractivity contribution in [2.45, 2.75) is 58.0 Å². The van der Waals surface area contributed by atoms with E-state index in [0.29, 0.717) is 6.42 Å². The molecular formula is C12H26O3. The molecule has 0 saturated carbocycles. The number of hydrogen-bond acceptors (Lipinski definition) is 3. The van der Waals surface area contributed by atoms with Gasteiger partial charge in [0.05, 0.1) is 6.10 Å². The van der Waals surface area contributed by atoms with Crippen LogP contribution < -0.4 is 0 Å². The average Bonchev–Trinajstić information content (AvgIpc) is 2.24. The molecule has 0 bridgehead atoms. The Kier molecular flexibility index (Phi) is 10.3. The van der Waals surface area contributed by atoms with Crippen molar-refractivity contribution in [2.24, 2.45) is 5.92 Å². The van der Waals surface area contributed by atoms with Crippen molar-refractivity contribution in [1.29, 1.82) is 0 Å². The van der Waals surface area contributed by atoms with Gasteiger partial charge in [-0.05, 0) is 31.6 Å². The van der Waals surface area contributed by atoms with Crippen LogP contribution in [0.1, 0.15) is 51.9 Å². The first-order valence-electron chi connectivity index (χ1n) is 6.16. The van der Waals surface area contributed by atoms with Gasteiger partial charge in [-0.1, -0.05) is 26.2 Å². The van der Waals surface area contributed by atoms with Gasteiger partial charge in [0.1, 0.15) is 0 Å². The molecule has 3 nitrogen and oxygen atoms in total. The van der Waals surface area contributed by atoms with Crippen LogP contribution in [0.15, 0.2) is 0 Å². The van der Waals surface area contributed by atoms with Gasteiger partial charge in [0.15, 0.2) is 0 Å². The van der Waals surface area contributed by atoms with Gasteiger partial charge in [0.25, 0.3) is 0 Å². The van der Waals surface area contributed by atoms with E-state index in [0.717, 1.165) is 38.5 Å². The third-order valence-electron chi connectivity index (χ3n) is 2.86. The van der Waals surface area contributed by atoms with E-state index >= 15 is 0 Å². The van der Waals surface area contributed by atoms with Crippen molar-refractivity contribution in [3.63, 3.8) is 0 Å².